The quantitative estimate of drug-likeness (QED) is 0.288. The molecule has 1 aromatic rings. The van der Waals surface area contributed by atoms with Gasteiger partial charge in [-0.15, -0.1) is 0 Å². The van der Waals surface area contributed by atoms with Crippen LogP contribution < -0.4 is 0 Å². The highest BCUT2D eigenvalue weighted by Gasteiger charge is 2.14. The van der Waals surface area contributed by atoms with Gasteiger partial charge in [-0.05, 0) is 38.8 Å². The van der Waals surface area contributed by atoms with E-state index in [1.165, 1.54) is 0 Å². The molecule has 0 spiro atoms. The summed E-state index contributed by atoms with van der Waals surface area (Å²) in [4.78, 5) is 31.6. The molecular weight excluding hydrogens is 300 g/mol. The van der Waals surface area contributed by atoms with E-state index in [1.54, 1.807) is 25.1 Å². The Morgan fingerprint density at radius 3 is 2.61 bits per heavy atom. The molecule has 1 aromatic carbocycles. The van der Waals surface area contributed by atoms with Crippen LogP contribution in [-0.4, -0.2) is 18.2 Å². The normalized spacial score (nSPS) is 11.6. The Labute approximate surface area is 136 Å². The Morgan fingerprint density at radius 1 is 1.13 bits per heavy atom. The lowest BCUT2D eigenvalue weighted by Gasteiger charge is -2.11. The number of ether oxygens (including phenoxy) is 1. The van der Waals surface area contributed by atoms with Crippen molar-refractivity contribution >= 4 is 12.1 Å². The van der Waals surface area contributed by atoms with Crippen molar-refractivity contribution in [1.82, 2.24) is 0 Å². The maximum atomic E-state index is 11.6. The third kappa shape index (κ3) is 8.21. The summed E-state index contributed by atoms with van der Waals surface area (Å²) in [6, 6.07) is 6.74. The molecule has 6 nitrogen and oxygen atoms in total. The SMILES string of the molecule is CCCCCCC(C)OC(=O)OOOC(=O)c1cccc(C)c1. The zero-order valence-electron chi connectivity index (χ0n) is 13.9. The van der Waals surface area contributed by atoms with Gasteiger partial charge in [-0.3, -0.25) is 4.89 Å². The minimum Gasteiger partial charge on any atom is -0.429 e. The van der Waals surface area contributed by atoms with Gasteiger partial charge in [0.05, 0.1) is 10.6 Å². The molecule has 23 heavy (non-hydrogen) atoms. The predicted molar refractivity (Wildman–Crippen MR) is 83.5 cm³/mol. The third-order valence-electron chi connectivity index (χ3n) is 3.23. The number of rotatable bonds is 9. The van der Waals surface area contributed by atoms with Crippen LogP contribution in [0.15, 0.2) is 24.3 Å². The van der Waals surface area contributed by atoms with Gasteiger partial charge in [0.15, 0.2) is 0 Å². The number of hydrogen-bond donors (Lipinski definition) is 0. The van der Waals surface area contributed by atoms with Gasteiger partial charge in [-0.1, -0.05) is 43.9 Å². The zero-order valence-corrected chi connectivity index (χ0v) is 13.9. The Morgan fingerprint density at radius 2 is 1.91 bits per heavy atom. The first-order chi connectivity index (χ1) is 11.0. The van der Waals surface area contributed by atoms with E-state index in [0.29, 0.717) is 5.56 Å². The highest BCUT2D eigenvalue weighted by Crippen LogP contribution is 2.09. The van der Waals surface area contributed by atoms with Crippen molar-refractivity contribution in [3.63, 3.8) is 0 Å². The predicted octanol–water partition coefficient (Wildman–Crippen LogP) is 4.51. The lowest BCUT2D eigenvalue weighted by molar-refractivity contribution is -0.452. The highest BCUT2D eigenvalue weighted by atomic mass is 17.5. The van der Waals surface area contributed by atoms with Crippen LogP contribution in [-0.2, 0) is 19.6 Å². The van der Waals surface area contributed by atoms with E-state index >= 15 is 0 Å². The Bertz CT molecular complexity index is 500. The Hall–Kier alpha value is -2.08. The summed E-state index contributed by atoms with van der Waals surface area (Å²) >= 11 is 0. The number of carbonyl (C=O) groups is 2. The first-order valence-corrected chi connectivity index (χ1v) is 7.85. The van der Waals surface area contributed by atoms with Gasteiger partial charge < -0.3 is 4.74 Å². The molecule has 1 rings (SSSR count). The lowest BCUT2D eigenvalue weighted by atomic mass is 10.1. The van der Waals surface area contributed by atoms with E-state index < -0.39 is 12.1 Å². The maximum Gasteiger partial charge on any atom is 0.543 e. The van der Waals surface area contributed by atoms with Gasteiger partial charge in [0.1, 0.15) is 6.10 Å². The molecule has 0 fully saturated rings. The van der Waals surface area contributed by atoms with Crippen LogP contribution in [0.4, 0.5) is 4.79 Å². The molecule has 128 valence electrons. The minimum atomic E-state index is -1.04. The highest BCUT2D eigenvalue weighted by molar-refractivity contribution is 5.89. The molecule has 0 saturated carbocycles. The topological polar surface area (TPSA) is 71.1 Å². The summed E-state index contributed by atoms with van der Waals surface area (Å²) in [6.07, 6.45) is 3.82. The fraction of sp³-hybridized carbons (Fsp3) is 0.529. The first kappa shape index (κ1) is 19.0. The van der Waals surface area contributed by atoms with Crippen molar-refractivity contribution in [1.29, 1.82) is 0 Å². The van der Waals surface area contributed by atoms with Gasteiger partial charge in [0.2, 0.25) is 0 Å². The minimum absolute atomic E-state index is 0.282. The molecule has 0 aliphatic heterocycles. The third-order valence-corrected chi connectivity index (χ3v) is 3.23. The second-order valence-corrected chi connectivity index (χ2v) is 5.42. The summed E-state index contributed by atoms with van der Waals surface area (Å²) < 4.78 is 4.96. The largest absolute Gasteiger partial charge is 0.543 e. The number of carbonyl (C=O) groups excluding carboxylic acids is 2. The second kappa shape index (κ2) is 10.6. The summed E-state index contributed by atoms with van der Waals surface area (Å²) in [7, 11) is 0. The van der Waals surface area contributed by atoms with Crippen molar-refractivity contribution < 1.29 is 29.1 Å². The lowest BCUT2D eigenvalue weighted by Crippen LogP contribution is -2.17. The summed E-state index contributed by atoms with van der Waals surface area (Å²) in [5.41, 5.74) is 1.20. The second-order valence-electron chi connectivity index (χ2n) is 5.42. The van der Waals surface area contributed by atoms with E-state index in [0.717, 1.165) is 37.7 Å². The number of benzene rings is 1. The summed E-state index contributed by atoms with van der Waals surface area (Å²) in [5.74, 6) is -0.755. The van der Waals surface area contributed by atoms with Crippen LogP contribution in [0.25, 0.3) is 0 Å². The molecule has 0 amide bonds. The summed E-state index contributed by atoms with van der Waals surface area (Å²) in [6.45, 7) is 5.74. The van der Waals surface area contributed by atoms with Gasteiger partial charge >= 0.3 is 12.1 Å². The molecule has 0 aromatic heterocycles. The molecule has 0 aliphatic rings. The van der Waals surface area contributed by atoms with Crippen molar-refractivity contribution in [2.45, 2.75) is 59.0 Å². The average molecular weight is 324 g/mol. The molecule has 0 radical (unpaired) electrons. The van der Waals surface area contributed by atoms with E-state index in [4.69, 9.17) is 4.74 Å². The molecule has 6 heteroatoms. The molecular formula is C17H24O6. The van der Waals surface area contributed by atoms with E-state index in [1.807, 2.05) is 13.0 Å². The van der Waals surface area contributed by atoms with Gasteiger partial charge in [-0.25, -0.2) is 14.5 Å². The number of aryl methyl sites for hydroxylation is 1. The first-order valence-electron chi connectivity index (χ1n) is 7.85. The van der Waals surface area contributed by atoms with Crippen LogP contribution in [0, 0.1) is 6.92 Å². The Balaban J connectivity index is 2.19. The van der Waals surface area contributed by atoms with Gasteiger partial charge in [-0.2, -0.15) is 0 Å². The van der Waals surface area contributed by atoms with Crippen molar-refractivity contribution in [3.05, 3.63) is 35.4 Å². The zero-order chi connectivity index (χ0) is 17.1. The van der Waals surface area contributed by atoms with Crippen LogP contribution >= 0.6 is 0 Å². The van der Waals surface area contributed by atoms with Crippen LogP contribution in [0.1, 0.15) is 61.9 Å². The number of hydrogen-bond acceptors (Lipinski definition) is 6. The Kier molecular flexibility index (Phi) is 8.75. The van der Waals surface area contributed by atoms with Crippen LogP contribution in [0.2, 0.25) is 0 Å². The monoisotopic (exact) mass is 324 g/mol. The van der Waals surface area contributed by atoms with Crippen molar-refractivity contribution in [2.75, 3.05) is 0 Å². The van der Waals surface area contributed by atoms with E-state index in [2.05, 4.69) is 21.7 Å². The fourth-order valence-electron chi connectivity index (χ4n) is 2.00. The summed E-state index contributed by atoms with van der Waals surface area (Å²) in [5, 5.41) is 4.17. The maximum absolute atomic E-state index is 11.6. The van der Waals surface area contributed by atoms with Crippen LogP contribution in [0.5, 0.6) is 0 Å². The van der Waals surface area contributed by atoms with Gasteiger partial charge in [0, 0.05) is 0 Å². The standard InChI is InChI=1S/C17H24O6/c1-4-5-6-7-10-14(3)20-17(19)22-23-21-16(18)15-11-8-9-13(2)12-15/h8-9,11-12,14H,4-7,10H2,1-3H3. The molecule has 1 atom stereocenters. The van der Waals surface area contributed by atoms with Crippen LogP contribution in [0.3, 0.4) is 0 Å². The molecule has 0 saturated heterocycles. The smallest absolute Gasteiger partial charge is 0.429 e. The van der Waals surface area contributed by atoms with Crippen molar-refractivity contribution in [3.8, 4) is 0 Å². The molecule has 1 unspecified atom stereocenters. The molecule has 0 heterocycles. The molecule has 0 aliphatic carbocycles. The van der Waals surface area contributed by atoms with Gasteiger partial charge in [0.25, 0.3) is 0 Å². The molecule has 0 bridgehead atoms. The van der Waals surface area contributed by atoms with Crippen molar-refractivity contribution in [2.24, 2.45) is 0 Å². The fourth-order valence-corrected chi connectivity index (χ4v) is 2.00. The van der Waals surface area contributed by atoms with E-state index in [-0.39, 0.29) is 6.10 Å². The average Bonchev–Trinajstić information content (AvgIpc) is 2.51. The molecule has 0 N–H and O–H groups in total. The van der Waals surface area contributed by atoms with E-state index in [9.17, 15) is 9.59 Å². The number of unbranched alkanes of at least 4 members (excludes halogenated alkanes) is 3.